The molecule has 0 bridgehead atoms. The normalized spacial score (nSPS) is 12.3. The highest BCUT2D eigenvalue weighted by molar-refractivity contribution is 9.10. The zero-order valence-electron chi connectivity index (χ0n) is 7.84. The van der Waals surface area contributed by atoms with Crippen molar-refractivity contribution in [1.29, 1.82) is 0 Å². The van der Waals surface area contributed by atoms with Crippen LogP contribution in [0.5, 0.6) is 0 Å². The van der Waals surface area contributed by atoms with Gasteiger partial charge in [0.1, 0.15) is 5.67 Å². The molecule has 0 radical (unpaired) electrons. The summed E-state index contributed by atoms with van der Waals surface area (Å²) in [6.45, 7) is 3.06. The van der Waals surface area contributed by atoms with Crippen LogP contribution in [0.2, 0.25) is 0 Å². The number of benzene rings is 1. The van der Waals surface area contributed by atoms with E-state index in [0.717, 1.165) is 14.6 Å². The monoisotopic (exact) mass is 273 g/mol. The maximum atomic E-state index is 13.7. The molecule has 2 rings (SSSR count). The van der Waals surface area contributed by atoms with Crippen LogP contribution in [0, 0.1) is 0 Å². The van der Waals surface area contributed by atoms with Gasteiger partial charge in [0.05, 0.1) is 10.4 Å². The summed E-state index contributed by atoms with van der Waals surface area (Å²) >= 11 is 4.76. The van der Waals surface area contributed by atoms with Crippen LogP contribution in [0.1, 0.15) is 19.5 Å². The van der Waals surface area contributed by atoms with Crippen LogP contribution in [0.3, 0.4) is 0 Å². The molecule has 0 spiro atoms. The number of aromatic nitrogens is 1. The molecule has 0 aliphatic heterocycles. The van der Waals surface area contributed by atoms with Gasteiger partial charge in [-0.15, -0.1) is 0 Å². The molecule has 0 aliphatic carbocycles. The van der Waals surface area contributed by atoms with E-state index in [0.29, 0.717) is 5.69 Å². The molecule has 0 saturated carbocycles. The summed E-state index contributed by atoms with van der Waals surface area (Å²) in [5.74, 6) is 0. The third kappa shape index (κ3) is 1.57. The zero-order valence-corrected chi connectivity index (χ0v) is 10.2. The lowest BCUT2D eigenvalue weighted by Gasteiger charge is -2.10. The zero-order chi connectivity index (χ0) is 10.3. The molecule has 0 aliphatic rings. The molecule has 74 valence electrons. The smallest absolute Gasteiger partial charge is 0.148 e. The Labute approximate surface area is 94.2 Å². The number of rotatable bonds is 1. The summed E-state index contributed by atoms with van der Waals surface area (Å²) in [7, 11) is 0. The maximum Gasteiger partial charge on any atom is 0.148 e. The van der Waals surface area contributed by atoms with Gasteiger partial charge in [-0.05, 0) is 47.4 Å². The highest BCUT2D eigenvalue weighted by Crippen LogP contribution is 2.36. The van der Waals surface area contributed by atoms with Gasteiger partial charge in [-0.1, -0.05) is 12.1 Å². The molecule has 0 fully saturated rings. The van der Waals surface area contributed by atoms with E-state index >= 15 is 0 Å². The van der Waals surface area contributed by atoms with E-state index in [1.165, 1.54) is 25.4 Å². The predicted molar refractivity (Wildman–Crippen MR) is 61.5 cm³/mol. The number of nitrogens with zero attached hydrogens (tertiary/aromatic N) is 1. The average molecular weight is 274 g/mol. The van der Waals surface area contributed by atoms with E-state index in [9.17, 15) is 4.39 Å². The number of alkyl halides is 1. The molecular formula is C10H9BrFNS. The first kappa shape index (κ1) is 10.1. The number of hydrogen-bond donors (Lipinski definition) is 0. The fraction of sp³-hybridized carbons (Fsp3) is 0.300. The van der Waals surface area contributed by atoms with Crippen molar-refractivity contribution >= 4 is 37.5 Å². The van der Waals surface area contributed by atoms with Crippen molar-refractivity contribution in [2.24, 2.45) is 0 Å². The fourth-order valence-corrected chi connectivity index (χ4v) is 2.86. The minimum Gasteiger partial charge on any atom is -0.238 e. The van der Waals surface area contributed by atoms with Gasteiger partial charge in [0.2, 0.25) is 0 Å². The Morgan fingerprint density at radius 1 is 1.43 bits per heavy atom. The van der Waals surface area contributed by atoms with E-state index in [1.54, 1.807) is 0 Å². The molecule has 1 heterocycles. The average Bonchev–Trinajstić information content (AvgIpc) is 2.47. The van der Waals surface area contributed by atoms with Crippen LogP contribution < -0.4 is 0 Å². The van der Waals surface area contributed by atoms with E-state index in [2.05, 4.69) is 20.3 Å². The Bertz CT molecular complexity index is 472. The largest absolute Gasteiger partial charge is 0.238 e. The summed E-state index contributed by atoms with van der Waals surface area (Å²) in [4.78, 5) is 0. The molecule has 1 nitrogen and oxygen atoms in total. The molecule has 14 heavy (non-hydrogen) atoms. The lowest BCUT2D eigenvalue weighted by molar-refractivity contribution is 0.218. The summed E-state index contributed by atoms with van der Waals surface area (Å²) in [6, 6.07) is 5.74. The molecule has 0 unspecified atom stereocenters. The Kier molecular flexibility index (Phi) is 2.35. The topological polar surface area (TPSA) is 12.9 Å². The summed E-state index contributed by atoms with van der Waals surface area (Å²) in [5.41, 5.74) is -0.849. The first-order chi connectivity index (χ1) is 6.50. The van der Waals surface area contributed by atoms with Crippen molar-refractivity contribution in [2.45, 2.75) is 19.5 Å². The summed E-state index contributed by atoms with van der Waals surface area (Å²) in [6.07, 6.45) is 0. The van der Waals surface area contributed by atoms with Gasteiger partial charge in [-0.3, -0.25) is 0 Å². The second kappa shape index (κ2) is 3.28. The summed E-state index contributed by atoms with van der Waals surface area (Å²) < 4.78 is 19.9. The van der Waals surface area contributed by atoms with Crippen LogP contribution in [-0.2, 0) is 5.67 Å². The van der Waals surface area contributed by atoms with E-state index < -0.39 is 5.67 Å². The molecular weight excluding hydrogens is 265 g/mol. The fourth-order valence-electron chi connectivity index (χ4n) is 1.36. The van der Waals surface area contributed by atoms with Gasteiger partial charge in [-0.25, -0.2) is 4.39 Å². The molecule has 0 atom stereocenters. The highest BCUT2D eigenvalue weighted by atomic mass is 79.9. The SMILES string of the molecule is CC(C)(F)c1nsc2c(Br)cccc12. The minimum atomic E-state index is -1.38. The Hall–Kier alpha value is -0.480. The number of halogens is 2. The minimum absolute atomic E-state index is 0.527. The van der Waals surface area contributed by atoms with Crippen LogP contribution in [0.25, 0.3) is 10.1 Å². The highest BCUT2D eigenvalue weighted by Gasteiger charge is 2.25. The predicted octanol–water partition coefficient (Wildman–Crippen LogP) is 4.26. The third-order valence-electron chi connectivity index (χ3n) is 2.01. The van der Waals surface area contributed by atoms with Crippen molar-refractivity contribution in [3.05, 3.63) is 28.4 Å². The second-order valence-electron chi connectivity index (χ2n) is 3.62. The molecule has 0 amide bonds. The quantitative estimate of drug-likeness (QED) is 0.757. The van der Waals surface area contributed by atoms with Gasteiger partial charge in [0.25, 0.3) is 0 Å². The lowest BCUT2D eigenvalue weighted by atomic mass is 10.0. The first-order valence-electron chi connectivity index (χ1n) is 4.23. The van der Waals surface area contributed by atoms with Gasteiger partial charge in [0.15, 0.2) is 0 Å². The Morgan fingerprint density at radius 3 is 2.79 bits per heavy atom. The molecule has 2 aromatic rings. The number of fused-ring (bicyclic) bond motifs is 1. The molecule has 0 N–H and O–H groups in total. The molecule has 1 aromatic heterocycles. The van der Waals surface area contributed by atoms with E-state index in [1.807, 2.05) is 18.2 Å². The van der Waals surface area contributed by atoms with Gasteiger partial charge < -0.3 is 0 Å². The van der Waals surface area contributed by atoms with Crippen molar-refractivity contribution in [1.82, 2.24) is 4.37 Å². The molecule has 4 heteroatoms. The molecule has 0 saturated heterocycles. The van der Waals surface area contributed by atoms with Crippen LogP contribution in [0.15, 0.2) is 22.7 Å². The van der Waals surface area contributed by atoms with Gasteiger partial charge >= 0.3 is 0 Å². The standard InChI is InChI=1S/C10H9BrFNS/c1-10(2,12)9-6-4-3-5-7(11)8(6)14-13-9/h3-5H,1-2H3. The van der Waals surface area contributed by atoms with Crippen LogP contribution in [0.4, 0.5) is 4.39 Å². The van der Waals surface area contributed by atoms with Crippen molar-refractivity contribution < 1.29 is 4.39 Å². The molecule has 1 aromatic carbocycles. The number of hydrogen-bond acceptors (Lipinski definition) is 2. The van der Waals surface area contributed by atoms with Crippen molar-refractivity contribution in [3.63, 3.8) is 0 Å². The Balaban J connectivity index is 2.76. The Morgan fingerprint density at radius 2 is 2.14 bits per heavy atom. The summed E-state index contributed by atoms with van der Waals surface area (Å²) in [5, 5.41) is 0.900. The van der Waals surface area contributed by atoms with Gasteiger partial charge in [0, 0.05) is 9.86 Å². The van der Waals surface area contributed by atoms with Crippen LogP contribution >= 0.6 is 27.5 Å². The van der Waals surface area contributed by atoms with Crippen LogP contribution in [-0.4, -0.2) is 4.37 Å². The third-order valence-corrected chi connectivity index (χ3v) is 3.83. The second-order valence-corrected chi connectivity index (χ2v) is 5.25. The van der Waals surface area contributed by atoms with E-state index in [4.69, 9.17) is 0 Å². The first-order valence-corrected chi connectivity index (χ1v) is 5.80. The maximum absolute atomic E-state index is 13.7. The van der Waals surface area contributed by atoms with Crippen molar-refractivity contribution in [2.75, 3.05) is 0 Å². The lowest BCUT2D eigenvalue weighted by Crippen LogP contribution is -2.09. The van der Waals surface area contributed by atoms with Gasteiger partial charge in [-0.2, -0.15) is 4.37 Å². The van der Waals surface area contributed by atoms with E-state index in [-0.39, 0.29) is 0 Å². The van der Waals surface area contributed by atoms with Crippen molar-refractivity contribution in [3.8, 4) is 0 Å².